The number of fused-ring (bicyclic) bond motifs is 1. The minimum atomic E-state index is -1.61. The maximum Gasteiger partial charge on any atom is 0.404 e. The zero-order valence-corrected chi connectivity index (χ0v) is 19.3. The van der Waals surface area contributed by atoms with Gasteiger partial charge in [-0.3, -0.25) is 4.79 Å². The van der Waals surface area contributed by atoms with Crippen LogP contribution in [0, 0.1) is 0 Å². The van der Waals surface area contributed by atoms with Gasteiger partial charge in [0.15, 0.2) is 0 Å². The molecule has 198 valence electrons. The Morgan fingerprint density at radius 2 is 1.69 bits per heavy atom. The molecule has 1 aromatic carbocycles. The quantitative estimate of drug-likeness (QED) is 0.145. The molecule has 1 saturated heterocycles. The van der Waals surface area contributed by atoms with Crippen LogP contribution in [0.25, 0.3) is 11.0 Å². The molecular formula is C23H30N2O11. The molecule has 0 bridgehead atoms. The lowest BCUT2D eigenvalue weighted by molar-refractivity contribution is -0.277. The molecule has 0 spiro atoms. The van der Waals surface area contributed by atoms with Gasteiger partial charge in [0.2, 0.25) is 12.2 Å². The van der Waals surface area contributed by atoms with Gasteiger partial charge < -0.3 is 50.1 Å². The number of carboxylic acid groups (broad SMARTS) is 1. The fourth-order valence-electron chi connectivity index (χ4n) is 3.81. The van der Waals surface area contributed by atoms with Crippen molar-refractivity contribution in [3.8, 4) is 5.75 Å². The van der Waals surface area contributed by atoms with Gasteiger partial charge in [-0.15, -0.1) is 0 Å². The van der Waals surface area contributed by atoms with Crippen LogP contribution in [0.5, 0.6) is 5.75 Å². The zero-order valence-electron chi connectivity index (χ0n) is 19.3. The number of ether oxygens (including phenoxy) is 2. The standard InChI is InChI=1S/C23H30N2O11/c26-11-16-19(29)20(30)21(31)22(36-16)34-13-4-5-14-12(9-18(28)35-15(14)10-13)8-17(27)24-6-2-1-3-7-25-23(32)33/h4-5,9-10,16,19-22,25-26,29-31H,1-3,6-8,11H2,(H,24,27)(H,32,33)/t16-,19+,20+,21-,22-/m1/s1. The zero-order chi connectivity index (χ0) is 26.2. The van der Waals surface area contributed by atoms with Crippen LogP contribution in [0.1, 0.15) is 24.8 Å². The lowest BCUT2D eigenvalue weighted by Gasteiger charge is -2.39. The van der Waals surface area contributed by atoms with Crippen LogP contribution >= 0.6 is 0 Å². The van der Waals surface area contributed by atoms with Crippen LogP contribution in [0.4, 0.5) is 4.79 Å². The monoisotopic (exact) mass is 510 g/mol. The number of carbonyl (C=O) groups excluding carboxylic acids is 1. The van der Waals surface area contributed by atoms with E-state index in [1.807, 2.05) is 0 Å². The third-order valence-corrected chi connectivity index (χ3v) is 5.71. The molecule has 0 unspecified atom stereocenters. The number of aliphatic hydroxyl groups excluding tert-OH is 4. The first-order valence-electron chi connectivity index (χ1n) is 11.5. The Labute approximate surface area is 205 Å². The van der Waals surface area contributed by atoms with Gasteiger partial charge in [0, 0.05) is 30.6 Å². The topological polar surface area (TPSA) is 208 Å². The third-order valence-electron chi connectivity index (χ3n) is 5.71. The summed E-state index contributed by atoms with van der Waals surface area (Å²) in [4.78, 5) is 34.8. The van der Waals surface area contributed by atoms with Gasteiger partial charge in [-0.25, -0.2) is 9.59 Å². The molecule has 5 atom stereocenters. The number of rotatable bonds is 11. The number of aliphatic hydroxyl groups is 4. The van der Waals surface area contributed by atoms with E-state index in [1.165, 1.54) is 18.2 Å². The number of nitrogens with one attached hydrogen (secondary N) is 2. The van der Waals surface area contributed by atoms with Crippen molar-refractivity contribution in [3.05, 3.63) is 40.2 Å². The van der Waals surface area contributed by atoms with Crippen molar-refractivity contribution >= 4 is 23.0 Å². The summed E-state index contributed by atoms with van der Waals surface area (Å²) < 4.78 is 16.1. The first-order valence-corrected chi connectivity index (χ1v) is 11.5. The predicted octanol–water partition coefficient (Wildman–Crippen LogP) is -0.932. The summed E-state index contributed by atoms with van der Waals surface area (Å²) in [7, 11) is 0. The van der Waals surface area contributed by atoms with Gasteiger partial charge >= 0.3 is 11.7 Å². The highest BCUT2D eigenvalue weighted by Crippen LogP contribution is 2.27. The summed E-state index contributed by atoms with van der Waals surface area (Å²) in [6.45, 7) is 0.143. The molecule has 1 aliphatic rings. The van der Waals surface area contributed by atoms with Crippen LogP contribution in [0.3, 0.4) is 0 Å². The molecule has 2 amide bonds. The summed E-state index contributed by atoms with van der Waals surface area (Å²) in [6, 6.07) is 5.65. The Kier molecular flexibility index (Phi) is 9.61. The normalized spacial score (nSPS) is 23.8. The van der Waals surface area contributed by atoms with Gasteiger partial charge in [-0.05, 0) is 37.0 Å². The lowest BCUT2D eigenvalue weighted by Crippen LogP contribution is -2.60. The van der Waals surface area contributed by atoms with Crippen molar-refractivity contribution in [2.45, 2.75) is 56.4 Å². The molecule has 13 heteroatoms. The summed E-state index contributed by atoms with van der Waals surface area (Å²) in [5, 5.41) is 53.3. The van der Waals surface area contributed by atoms with Crippen molar-refractivity contribution in [1.82, 2.24) is 10.6 Å². The fourth-order valence-corrected chi connectivity index (χ4v) is 3.81. The molecule has 0 aliphatic carbocycles. The minimum Gasteiger partial charge on any atom is -0.465 e. The molecule has 13 nitrogen and oxygen atoms in total. The number of unbranched alkanes of at least 4 members (excludes halogenated alkanes) is 2. The van der Waals surface area contributed by atoms with Gasteiger partial charge in [0.05, 0.1) is 13.0 Å². The van der Waals surface area contributed by atoms with Crippen molar-refractivity contribution < 1.29 is 49.0 Å². The molecule has 0 radical (unpaired) electrons. The summed E-state index contributed by atoms with van der Waals surface area (Å²) in [5.74, 6) is -0.179. The molecule has 1 aliphatic heterocycles. The number of benzene rings is 1. The first-order chi connectivity index (χ1) is 17.2. The summed E-state index contributed by atoms with van der Waals surface area (Å²) in [5.41, 5.74) is -0.122. The average Bonchev–Trinajstić information content (AvgIpc) is 2.83. The van der Waals surface area contributed by atoms with Gasteiger partial charge in [-0.1, -0.05) is 0 Å². The van der Waals surface area contributed by atoms with E-state index in [2.05, 4.69) is 10.6 Å². The van der Waals surface area contributed by atoms with E-state index >= 15 is 0 Å². The largest absolute Gasteiger partial charge is 0.465 e. The van der Waals surface area contributed by atoms with E-state index in [0.29, 0.717) is 36.9 Å². The van der Waals surface area contributed by atoms with Crippen LogP contribution in [-0.4, -0.2) is 87.9 Å². The van der Waals surface area contributed by atoms with Crippen molar-refractivity contribution in [3.63, 3.8) is 0 Å². The van der Waals surface area contributed by atoms with E-state index < -0.39 is 49.0 Å². The summed E-state index contributed by atoms with van der Waals surface area (Å²) in [6.07, 6.45) is -6.37. The molecule has 3 rings (SSSR count). The van der Waals surface area contributed by atoms with Gasteiger partial charge in [-0.2, -0.15) is 0 Å². The minimum absolute atomic E-state index is 0.0738. The average molecular weight is 510 g/mol. The molecule has 1 aromatic heterocycles. The Morgan fingerprint density at radius 1 is 0.972 bits per heavy atom. The second-order valence-electron chi connectivity index (χ2n) is 8.38. The fraction of sp³-hybridized carbons (Fsp3) is 0.522. The smallest absolute Gasteiger partial charge is 0.404 e. The molecule has 2 aromatic rings. The third kappa shape index (κ3) is 7.15. The molecular weight excluding hydrogens is 480 g/mol. The van der Waals surface area contributed by atoms with E-state index in [9.17, 15) is 34.8 Å². The van der Waals surface area contributed by atoms with Crippen LogP contribution < -0.4 is 21.0 Å². The Bertz CT molecular complexity index is 1100. The Morgan fingerprint density at radius 3 is 2.39 bits per heavy atom. The number of amides is 2. The SMILES string of the molecule is O=C(O)NCCCCCNC(=O)Cc1cc(=O)oc2cc(O[C@@H]3O[C@H](CO)[C@H](O)[C@H](O)[C@H]3O)ccc12. The Balaban J connectivity index is 1.61. The lowest BCUT2D eigenvalue weighted by atomic mass is 9.99. The second-order valence-corrected chi connectivity index (χ2v) is 8.38. The maximum atomic E-state index is 12.4. The van der Waals surface area contributed by atoms with Gasteiger partial charge in [0.1, 0.15) is 35.7 Å². The van der Waals surface area contributed by atoms with Crippen LogP contribution in [0.15, 0.2) is 33.5 Å². The molecule has 1 fully saturated rings. The van der Waals surface area contributed by atoms with Crippen LogP contribution in [-0.2, 0) is 16.0 Å². The van der Waals surface area contributed by atoms with Gasteiger partial charge in [0.25, 0.3) is 0 Å². The predicted molar refractivity (Wildman–Crippen MR) is 123 cm³/mol. The van der Waals surface area contributed by atoms with Crippen molar-refractivity contribution in [2.24, 2.45) is 0 Å². The summed E-state index contributed by atoms with van der Waals surface area (Å²) >= 11 is 0. The molecule has 36 heavy (non-hydrogen) atoms. The number of hydrogen-bond donors (Lipinski definition) is 7. The number of hydrogen-bond acceptors (Lipinski definition) is 10. The van der Waals surface area contributed by atoms with E-state index in [0.717, 1.165) is 6.42 Å². The molecule has 2 heterocycles. The van der Waals surface area contributed by atoms with Crippen LogP contribution in [0.2, 0.25) is 0 Å². The highest BCUT2D eigenvalue weighted by atomic mass is 16.7. The maximum absolute atomic E-state index is 12.4. The molecule has 0 saturated carbocycles. The first kappa shape index (κ1) is 27.4. The highest BCUT2D eigenvalue weighted by molar-refractivity contribution is 5.87. The van der Waals surface area contributed by atoms with E-state index in [-0.39, 0.29) is 23.7 Å². The Hall–Kier alpha value is -3.23. The second kappa shape index (κ2) is 12.6. The number of carbonyl (C=O) groups is 2. The van der Waals surface area contributed by atoms with E-state index in [4.69, 9.17) is 19.0 Å². The highest BCUT2D eigenvalue weighted by Gasteiger charge is 2.44. The van der Waals surface area contributed by atoms with Crippen molar-refractivity contribution in [1.29, 1.82) is 0 Å². The van der Waals surface area contributed by atoms with Crippen molar-refractivity contribution in [2.75, 3.05) is 19.7 Å². The van der Waals surface area contributed by atoms with E-state index in [1.54, 1.807) is 6.07 Å². The molecule has 7 N–H and O–H groups in total.